The summed E-state index contributed by atoms with van der Waals surface area (Å²) in [6.07, 6.45) is 7.34. The van der Waals surface area contributed by atoms with Crippen molar-refractivity contribution in [2.24, 2.45) is 0 Å². The number of hydrogen-bond donors (Lipinski definition) is 1. The Morgan fingerprint density at radius 1 is 0.926 bits per heavy atom. The van der Waals surface area contributed by atoms with Crippen molar-refractivity contribution in [1.29, 1.82) is 0 Å². The second-order valence-corrected chi connectivity index (χ2v) is 21.9. The van der Waals surface area contributed by atoms with Gasteiger partial charge in [0, 0.05) is 0 Å². The topological polar surface area (TPSA) is 38.3 Å². The number of unbranched alkanes of at least 4 members (excludes halogenated alkanes) is 3. The first-order valence-corrected chi connectivity index (χ1v) is 18.4. The van der Waals surface area contributed by atoms with E-state index in [-0.39, 0.29) is 6.09 Å². The van der Waals surface area contributed by atoms with Gasteiger partial charge in [0.1, 0.15) is 0 Å². The van der Waals surface area contributed by atoms with Crippen molar-refractivity contribution in [2.45, 2.75) is 99.0 Å². The molecule has 0 unspecified atom stereocenters. The van der Waals surface area contributed by atoms with Crippen molar-refractivity contribution >= 4 is 33.7 Å². The molecule has 0 saturated carbocycles. The van der Waals surface area contributed by atoms with Crippen LogP contribution in [0, 0.1) is 0 Å². The summed E-state index contributed by atoms with van der Waals surface area (Å²) in [7, 11) is 0. The molecule has 0 spiro atoms. The molecule has 1 amide bonds. The zero-order valence-corrected chi connectivity index (χ0v) is 21.3. The Bertz CT molecular complexity index is 544. The minimum absolute atomic E-state index is 0.336. The van der Waals surface area contributed by atoms with E-state index in [0.29, 0.717) is 0 Å². The quantitative estimate of drug-likeness (QED) is 0.342. The molecular weight excluding hydrogens is 441 g/mol. The fourth-order valence-electron chi connectivity index (χ4n) is 3.79. The van der Waals surface area contributed by atoms with Gasteiger partial charge in [0.15, 0.2) is 0 Å². The molecule has 4 heteroatoms. The predicted octanol–water partition coefficient (Wildman–Crippen LogP) is 7.09. The van der Waals surface area contributed by atoms with E-state index in [4.69, 9.17) is 4.74 Å². The molecule has 0 heterocycles. The summed E-state index contributed by atoms with van der Waals surface area (Å²) < 4.78 is 11.2. The van der Waals surface area contributed by atoms with Gasteiger partial charge in [0.05, 0.1) is 0 Å². The van der Waals surface area contributed by atoms with Gasteiger partial charge in [-0.1, -0.05) is 0 Å². The number of para-hydroxylation sites is 1. The van der Waals surface area contributed by atoms with E-state index in [1.165, 1.54) is 55.4 Å². The van der Waals surface area contributed by atoms with Gasteiger partial charge >= 0.3 is 172 Å². The SMILES string of the molecule is CCC[CH2][Sn]([CH2]CCC)([CH2]CCC)[c]1ccccc1NC(=O)OC(C)(C)C. The van der Waals surface area contributed by atoms with Gasteiger partial charge in [-0.15, -0.1) is 0 Å². The summed E-state index contributed by atoms with van der Waals surface area (Å²) in [5.74, 6) is 0. The number of carbonyl (C=O) groups excluding carboxylic acids is 1. The van der Waals surface area contributed by atoms with E-state index in [0.717, 1.165) is 5.69 Å². The van der Waals surface area contributed by atoms with Crippen LogP contribution in [-0.4, -0.2) is 30.1 Å². The van der Waals surface area contributed by atoms with Gasteiger partial charge in [0.2, 0.25) is 0 Å². The second-order valence-electron chi connectivity index (χ2n) is 8.76. The van der Waals surface area contributed by atoms with Crippen LogP contribution in [0.4, 0.5) is 10.5 Å². The van der Waals surface area contributed by atoms with Crippen LogP contribution in [0.3, 0.4) is 0 Å². The second kappa shape index (κ2) is 12.0. The molecule has 1 rings (SSSR count). The molecule has 27 heavy (non-hydrogen) atoms. The first kappa shape index (κ1) is 24.3. The summed E-state index contributed by atoms with van der Waals surface area (Å²) in [6.45, 7) is 12.6. The van der Waals surface area contributed by atoms with Gasteiger partial charge in [-0.25, -0.2) is 0 Å². The molecule has 0 aliphatic rings. The van der Waals surface area contributed by atoms with Crippen molar-refractivity contribution in [3.63, 3.8) is 0 Å². The Kier molecular flexibility index (Phi) is 10.8. The maximum absolute atomic E-state index is 12.4. The Labute approximate surface area is 171 Å². The average Bonchev–Trinajstić information content (AvgIpc) is 2.60. The van der Waals surface area contributed by atoms with E-state index in [1.54, 1.807) is 0 Å². The number of ether oxygens (including phenoxy) is 1. The monoisotopic (exact) mass is 483 g/mol. The van der Waals surface area contributed by atoms with E-state index in [2.05, 4.69) is 44.3 Å². The fraction of sp³-hybridized carbons (Fsp3) is 0.696. The summed E-state index contributed by atoms with van der Waals surface area (Å²) in [4.78, 5) is 12.4. The molecular formula is C23H41NO2Sn. The number of amides is 1. The standard InChI is InChI=1S/C11H14NO2.3C4H9.Sn/c1-11(2,3)14-10(13)12-9-7-5-4-6-8-9;3*1-3-4-2;/h4-7H,1-3H3,(H,12,13);3*1,3-4H2,2H3;. The fourth-order valence-corrected chi connectivity index (χ4v) is 20.4. The maximum atomic E-state index is 12.4. The average molecular weight is 482 g/mol. The van der Waals surface area contributed by atoms with Gasteiger partial charge < -0.3 is 0 Å². The first-order valence-electron chi connectivity index (χ1n) is 10.9. The van der Waals surface area contributed by atoms with Crippen LogP contribution in [-0.2, 0) is 4.74 Å². The normalized spacial score (nSPS) is 12.1. The number of anilines is 1. The molecule has 0 aliphatic carbocycles. The van der Waals surface area contributed by atoms with E-state index in [9.17, 15) is 4.79 Å². The van der Waals surface area contributed by atoms with Crippen molar-refractivity contribution in [3.8, 4) is 0 Å². The van der Waals surface area contributed by atoms with Crippen LogP contribution in [0.25, 0.3) is 0 Å². The van der Waals surface area contributed by atoms with Crippen LogP contribution in [0.5, 0.6) is 0 Å². The molecule has 1 N–H and O–H groups in total. The molecule has 0 bridgehead atoms. The van der Waals surface area contributed by atoms with E-state index >= 15 is 0 Å². The van der Waals surface area contributed by atoms with Crippen molar-refractivity contribution < 1.29 is 9.53 Å². The number of hydrogen-bond acceptors (Lipinski definition) is 2. The van der Waals surface area contributed by atoms with Crippen molar-refractivity contribution in [2.75, 3.05) is 5.32 Å². The molecule has 0 radical (unpaired) electrons. The summed E-state index contributed by atoms with van der Waals surface area (Å²) in [5.41, 5.74) is 0.525. The van der Waals surface area contributed by atoms with Crippen LogP contribution in [0.1, 0.15) is 80.1 Å². The Morgan fingerprint density at radius 2 is 1.41 bits per heavy atom. The van der Waals surface area contributed by atoms with Gasteiger partial charge in [-0.3, -0.25) is 0 Å². The Balaban J connectivity index is 3.24. The molecule has 1 aromatic carbocycles. The van der Waals surface area contributed by atoms with Crippen molar-refractivity contribution in [1.82, 2.24) is 0 Å². The van der Waals surface area contributed by atoms with Crippen LogP contribution < -0.4 is 8.90 Å². The molecule has 3 nitrogen and oxygen atoms in total. The number of carbonyl (C=O) groups is 1. The minimum atomic E-state index is -2.60. The zero-order chi connectivity index (χ0) is 20.3. The third-order valence-corrected chi connectivity index (χ3v) is 20.9. The number of nitrogens with one attached hydrogen (secondary N) is 1. The van der Waals surface area contributed by atoms with Gasteiger partial charge in [-0.05, 0) is 0 Å². The first-order chi connectivity index (χ1) is 12.8. The summed E-state index contributed by atoms with van der Waals surface area (Å²) in [5, 5.41) is 3.09. The molecule has 154 valence electrons. The van der Waals surface area contributed by atoms with Gasteiger partial charge in [-0.2, -0.15) is 0 Å². The van der Waals surface area contributed by atoms with Crippen LogP contribution in [0.15, 0.2) is 24.3 Å². The van der Waals surface area contributed by atoms with Crippen LogP contribution in [0.2, 0.25) is 13.3 Å². The molecule has 1 aromatic rings. The van der Waals surface area contributed by atoms with E-state index < -0.39 is 24.0 Å². The van der Waals surface area contributed by atoms with Crippen LogP contribution >= 0.6 is 0 Å². The van der Waals surface area contributed by atoms with Crippen molar-refractivity contribution in [3.05, 3.63) is 24.3 Å². The summed E-state index contributed by atoms with van der Waals surface area (Å²) >= 11 is -2.60. The van der Waals surface area contributed by atoms with Gasteiger partial charge in [0.25, 0.3) is 0 Å². The Hall–Kier alpha value is -0.711. The number of rotatable bonds is 11. The molecule has 0 atom stereocenters. The predicted molar refractivity (Wildman–Crippen MR) is 121 cm³/mol. The van der Waals surface area contributed by atoms with E-state index in [1.807, 2.05) is 26.8 Å². The number of benzene rings is 1. The molecule has 0 fully saturated rings. The zero-order valence-electron chi connectivity index (χ0n) is 18.5. The molecule has 0 aliphatic heterocycles. The third-order valence-electron chi connectivity index (χ3n) is 5.16. The Morgan fingerprint density at radius 3 is 1.85 bits per heavy atom. The molecule has 0 aromatic heterocycles. The third kappa shape index (κ3) is 8.45. The summed E-state index contributed by atoms with van der Waals surface area (Å²) in [6, 6.07) is 8.58. The molecule has 0 saturated heterocycles.